The SMILES string of the molecule is CCC[C@@H](N)c1cc(C(F)(F)F)cc(Cl)c1F. The second kappa shape index (κ2) is 5.23. The molecule has 1 nitrogen and oxygen atoms in total. The van der Waals surface area contributed by atoms with Gasteiger partial charge < -0.3 is 5.73 Å². The van der Waals surface area contributed by atoms with Gasteiger partial charge in [-0.1, -0.05) is 24.9 Å². The molecule has 0 radical (unpaired) electrons. The van der Waals surface area contributed by atoms with Gasteiger partial charge in [0.05, 0.1) is 10.6 Å². The molecular weight excluding hydrogens is 258 g/mol. The highest BCUT2D eigenvalue weighted by atomic mass is 35.5. The zero-order chi connectivity index (χ0) is 13.2. The molecule has 17 heavy (non-hydrogen) atoms. The summed E-state index contributed by atoms with van der Waals surface area (Å²) in [5.74, 6) is -0.874. The van der Waals surface area contributed by atoms with E-state index >= 15 is 0 Å². The van der Waals surface area contributed by atoms with Crippen LogP contribution in [0.15, 0.2) is 12.1 Å². The van der Waals surface area contributed by atoms with Crippen molar-refractivity contribution in [2.75, 3.05) is 0 Å². The summed E-state index contributed by atoms with van der Waals surface area (Å²) >= 11 is 5.44. The third kappa shape index (κ3) is 3.33. The van der Waals surface area contributed by atoms with Crippen LogP contribution in [0.5, 0.6) is 0 Å². The first-order valence-electron chi connectivity index (χ1n) is 5.09. The predicted octanol–water partition coefficient (Wildman–Crippen LogP) is 4.30. The number of nitrogens with two attached hydrogens (primary N) is 1. The zero-order valence-corrected chi connectivity index (χ0v) is 9.87. The van der Waals surface area contributed by atoms with Gasteiger partial charge in [-0.25, -0.2) is 4.39 Å². The highest BCUT2D eigenvalue weighted by molar-refractivity contribution is 6.30. The van der Waals surface area contributed by atoms with E-state index in [2.05, 4.69) is 0 Å². The topological polar surface area (TPSA) is 26.0 Å². The van der Waals surface area contributed by atoms with Crippen LogP contribution in [0.25, 0.3) is 0 Å². The maximum absolute atomic E-state index is 13.6. The molecule has 0 unspecified atom stereocenters. The van der Waals surface area contributed by atoms with Crippen molar-refractivity contribution in [3.05, 3.63) is 34.1 Å². The Morgan fingerprint density at radius 1 is 1.35 bits per heavy atom. The lowest BCUT2D eigenvalue weighted by molar-refractivity contribution is -0.137. The van der Waals surface area contributed by atoms with E-state index in [1.165, 1.54) is 0 Å². The average molecular weight is 270 g/mol. The highest BCUT2D eigenvalue weighted by Crippen LogP contribution is 2.35. The van der Waals surface area contributed by atoms with Crippen molar-refractivity contribution in [2.45, 2.75) is 32.0 Å². The second-order valence-electron chi connectivity index (χ2n) is 3.75. The summed E-state index contributed by atoms with van der Waals surface area (Å²) in [4.78, 5) is 0. The van der Waals surface area contributed by atoms with E-state index in [9.17, 15) is 17.6 Å². The predicted molar refractivity (Wildman–Crippen MR) is 58.2 cm³/mol. The molecule has 1 aromatic rings. The molecule has 0 aromatic heterocycles. The summed E-state index contributed by atoms with van der Waals surface area (Å²) in [6, 6.07) is 0.514. The van der Waals surface area contributed by atoms with Crippen LogP contribution in [0, 0.1) is 5.82 Å². The number of benzene rings is 1. The third-order valence-corrected chi connectivity index (χ3v) is 2.66. The summed E-state index contributed by atoms with van der Waals surface area (Å²) in [5.41, 5.74) is 4.45. The van der Waals surface area contributed by atoms with Gasteiger partial charge >= 0.3 is 6.18 Å². The van der Waals surface area contributed by atoms with E-state index < -0.39 is 28.6 Å². The van der Waals surface area contributed by atoms with E-state index in [0.29, 0.717) is 18.9 Å². The molecule has 0 aliphatic heterocycles. The molecule has 0 spiro atoms. The van der Waals surface area contributed by atoms with Crippen LogP contribution in [-0.2, 0) is 6.18 Å². The number of hydrogen-bond donors (Lipinski definition) is 1. The molecule has 1 rings (SSSR count). The quantitative estimate of drug-likeness (QED) is 0.814. The van der Waals surface area contributed by atoms with Crippen LogP contribution >= 0.6 is 11.6 Å². The fraction of sp³-hybridized carbons (Fsp3) is 0.455. The van der Waals surface area contributed by atoms with E-state index in [0.717, 1.165) is 6.07 Å². The third-order valence-electron chi connectivity index (χ3n) is 2.38. The Bertz CT molecular complexity index is 403. The second-order valence-corrected chi connectivity index (χ2v) is 4.16. The summed E-state index contributed by atoms with van der Waals surface area (Å²) in [6.45, 7) is 1.81. The molecular formula is C11H12ClF4N. The van der Waals surface area contributed by atoms with Gasteiger partial charge in [0.25, 0.3) is 0 Å². The van der Waals surface area contributed by atoms with Gasteiger partial charge in [-0.3, -0.25) is 0 Å². The smallest absolute Gasteiger partial charge is 0.324 e. The van der Waals surface area contributed by atoms with Crippen molar-refractivity contribution >= 4 is 11.6 Å². The summed E-state index contributed by atoms with van der Waals surface area (Å²) < 4.78 is 51.1. The van der Waals surface area contributed by atoms with E-state index in [1.54, 1.807) is 0 Å². The number of hydrogen-bond acceptors (Lipinski definition) is 1. The first-order valence-corrected chi connectivity index (χ1v) is 5.46. The van der Waals surface area contributed by atoms with Crippen LogP contribution in [0.2, 0.25) is 5.02 Å². The normalized spacial score (nSPS) is 13.8. The molecule has 0 heterocycles. The molecule has 1 atom stereocenters. The zero-order valence-electron chi connectivity index (χ0n) is 9.11. The molecule has 96 valence electrons. The summed E-state index contributed by atoms with van der Waals surface area (Å²) in [6.07, 6.45) is -3.51. The molecule has 0 aliphatic carbocycles. The Balaban J connectivity index is 3.25. The van der Waals surface area contributed by atoms with Gasteiger partial charge in [-0.05, 0) is 18.6 Å². The van der Waals surface area contributed by atoms with Crippen molar-refractivity contribution in [3.8, 4) is 0 Å². The van der Waals surface area contributed by atoms with Crippen molar-refractivity contribution < 1.29 is 17.6 Å². The monoisotopic (exact) mass is 269 g/mol. The Kier molecular flexibility index (Phi) is 4.38. The molecule has 0 amide bonds. The van der Waals surface area contributed by atoms with Crippen molar-refractivity contribution in [1.82, 2.24) is 0 Å². The molecule has 0 saturated heterocycles. The standard InChI is InChI=1S/C11H12ClF4N/c1-2-3-9(17)7-4-6(11(14,15)16)5-8(12)10(7)13/h4-5,9H,2-3,17H2,1H3/t9-/m1/s1. The fourth-order valence-electron chi connectivity index (χ4n) is 1.51. The molecule has 6 heteroatoms. The van der Waals surface area contributed by atoms with Crippen LogP contribution in [-0.4, -0.2) is 0 Å². The molecule has 0 fully saturated rings. The lowest BCUT2D eigenvalue weighted by Gasteiger charge is -2.16. The maximum atomic E-state index is 13.6. The molecule has 0 bridgehead atoms. The minimum absolute atomic E-state index is 0.188. The Hall–Kier alpha value is -0.810. The number of alkyl halides is 3. The lowest BCUT2D eigenvalue weighted by Crippen LogP contribution is -2.14. The average Bonchev–Trinajstić information content (AvgIpc) is 2.20. The minimum atomic E-state index is -4.56. The molecule has 0 saturated carbocycles. The first-order chi connectivity index (χ1) is 7.77. The summed E-state index contributed by atoms with van der Waals surface area (Å²) in [7, 11) is 0. The van der Waals surface area contributed by atoms with Gasteiger partial charge in [0, 0.05) is 11.6 Å². The van der Waals surface area contributed by atoms with Crippen molar-refractivity contribution in [3.63, 3.8) is 0 Å². The summed E-state index contributed by atoms with van der Waals surface area (Å²) in [5, 5.41) is -0.554. The highest BCUT2D eigenvalue weighted by Gasteiger charge is 2.32. The Morgan fingerprint density at radius 3 is 2.41 bits per heavy atom. The van der Waals surface area contributed by atoms with Gasteiger partial charge in [-0.15, -0.1) is 0 Å². The number of rotatable bonds is 3. The van der Waals surface area contributed by atoms with E-state index in [4.69, 9.17) is 17.3 Å². The van der Waals surface area contributed by atoms with Gasteiger partial charge in [0.1, 0.15) is 5.82 Å². The first kappa shape index (κ1) is 14.3. The Labute approximate surface area is 102 Å². The van der Waals surface area contributed by atoms with Gasteiger partial charge in [0.2, 0.25) is 0 Å². The van der Waals surface area contributed by atoms with E-state index in [-0.39, 0.29) is 5.56 Å². The van der Waals surface area contributed by atoms with Crippen molar-refractivity contribution in [2.24, 2.45) is 5.73 Å². The molecule has 1 aromatic carbocycles. The van der Waals surface area contributed by atoms with Crippen LogP contribution in [0.4, 0.5) is 17.6 Å². The van der Waals surface area contributed by atoms with Gasteiger partial charge in [0.15, 0.2) is 0 Å². The molecule has 2 N–H and O–H groups in total. The number of halogens is 5. The van der Waals surface area contributed by atoms with Crippen molar-refractivity contribution in [1.29, 1.82) is 0 Å². The van der Waals surface area contributed by atoms with Crippen LogP contribution < -0.4 is 5.73 Å². The minimum Gasteiger partial charge on any atom is -0.324 e. The van der Waals surface area contributed by atoms with Gasteiger partial charge in [-0.2, -0.15) is 13.2 Å². The largest absolute Gasteiger partial charge is 0.416 e. The van der Waals surface area contributed by atoms with E-state index in [1.807, 2.05) is 6.92 Å². The molecule has 0 aliphatic rings. The Morgan fingerprint density at radius 2 is 1.94 bits per heavy atom. The maximum Gasteiger partial charge on any atom is 0.416 e. The lowest BCUT2D eigenvalue weighted by atomic mass is 10.00. The fourth-order valence-corrected chi connectivity index (χ4v) is 1.74. The van der Waals surface area contributed by atoms with Crippen LogP contribution in [0.1, 0.15) is 36.9 Å². The van der Waals surface area contributed by atoms with Crippen LogP contribution in [0.3, 0.4) is 0 Å².